The summed E-state index contributed by atoms with van der Waals surface area (Å²) in [6, 6.07) is 2.22. The molecule has 2 heteroatoms. The number of hydrogen-bond donors (Lipinski definition) is 0. The van der Waals surface area contributed by atoms with Gasteiger partial charge in [0.1, 0.15) is 0 Å². The molecule has 0 bridgehead atoms. The summed E-state index contributed by atoms with van der Waals surface area (Å²) in [6.45, 7) is 7.99. The number of piperidine rings is 1. The van der Waals surface area contributed by atoms with E-state index in [9.17, 15) is 0 Å². The zero-order chi connectivity index (χ0) is 9.68. The lowest BCUT2D eigenvalue weighted by molar-refractivity contribution is 0.148. The zero-order valence-electron chi connectivity index (χ0n) is 8.79. The largest absolute Gasteiger partial charge is 0.302 e. The number of likely N-dealkylation sites (tertiary alicyclic amines) is 1. The van der Waals surface area contributed by atoms with Crippen LogP contribution >= 0.6 is 0 Å². The van der Waals surface area contributed by atoms with Gasteiger partial charge in [0.05, 0.1) is 6.07 Å². The van der Waals surface area contributed by atoms with Gasteiger partial charge in [-0.1, -0.05) is 13.8 Å². The number of rotatable bonds is 3. The first kappa shape index (κ1) is 10.5. The lowest BCUT2D eigenvalue weighted by Gasteiger charge is -2.34. The van der Waals surface area contributed by atoms with Crippen LogP contribution in [0.25, 0.3) is 0 Å². The summed E-state index contributed by atoms with van der Waals surface area (Å²) in [7, 11) is 0. The molecule has 74 valence electrons. The predicted molar refractivity (Wildman–Crippen MR) is 54.2 cm³/mol. The van der Waals surface area contributed by atoms with Gasteiger partial charge in [0, 0.05) is 19.5 Å². The van der Waals surface area contributed by atoms with Gasteiger partial charge < -0.3 is 4.90 Å². The normalized spacial score (nSPS) is 24.6. The molecule has 1 unspecified atom stereocenters. The Morgan fingerprint density at radius 2 is 2.31 bits per heavy atom. The second kappa shape index (κ2) is 5.24. The Balaban J connectivity index is 2.29. The summed E-state index contributed by atoms with van der Waals surface area (Å²) in [6.07, 6.45) is 3.37. The summed E-state index contributed by atoms with van der Waals surface area (Å²) >= 11 is 0. The Morgan fingerprint density at radius 1 is 1.54 bits per heavy atom. The maximum Gasteiger partial charge on any atom is 0.0635 e. The van der Waals surface area contributed by atoms with E-state index in [0.29, 0.717) is 6.42 Å². The van der Waals surface area contributed by atoms with Crippen molar-refractivity contribution in [1.82, 2.24) is 4.90 Å². The molecule has 0 spiro atoms. The van der Waals surface area contributed by atoms with Gasteiger partial charge in [0.25, 0.3) is 0 Å². The molecule has 1 heterocycles. The highest BCUT2D eigenvalue weighted by Gasteiger charge is 2.21. The molecule has 0 amide bonds. The minimum atomic E-state index is 0.685. The lowest BCUT2D eigenvalue weighted by Crippen LogP contribution is -2.37. The SMILES string of the molecule is CC(C)C1CCCN(CCC#N)C1. The van der Waals surface area contributed by atoms with Crippen LogP contribution in [0.4, 0.5) is 0 Å². The standard InChI is InChI=1S/C11H20N2/c1-10(2)11-5-3-7-13(9-11)8-4-6-12/h10-11H,3-5,7-9H2,1-2H3. The van der Waals surface area contributed by atoms with Gasteiger partial charge in [0.15, 0.2) is 0 Å². The Kier molecular flexibility index (Phi) is 4.24. The van der Waals surface area contributed by atoms with Crippen molar-refractivity contribution in [2.24, 2.45) is 11.8 Å². The highest BCUT2D eigenvalue weighted by Crippen LogP contribution is 2.23. The minimum Gasteiger partial charge on any atom is -0.302 e. The molecule has 1 rings (SSSR count). The molecule has 0 N–H and O–H groups in total. The monoisotopic (exact) mass is 180 g/mol. The minimum absolute atomic E-state index is 0.685. The van der Waals surface area contributed by atoms with Gasteiger partial charge in [-0.2, -0.15) is 5.26 Å². The lowest BCUT2D eigenvalue weighted by atomic mass is 9.88. The molecule has 0 aromatic carbocycles. The van der Waals surface area contributed by atoms with Crippen LogP contribution in [-0.4, -0.2) is 24.5 Å². The van der Waals surface area contributed by atoms with Crippen LogP contribution in [0.5, 0.6) is 0 Å². The molecule has 13 heavy (non-hydrogen) atoms. The van der Waals surface area contributed by atoms with Crippen LogP contribution in [0.2, 0.25) is 0 Å². The van der Waals surface area contributed by atoms with Crippen LogP contribution in [0.3, 0.4) is 0 Å². The molecular weight excluding hydrogens is 160 g/mol. The molecule has 2 nitrogen and oxygen atoms in total. The van der Waals surface area contributed by atoms with Gasteiger partial charge in [0.2, 0.25) is 0 Å². The molecule has 0 saturated carbocycles. The van der Waals surface area contributed by atoms with Crippen molar-refractivity contribution in [3.63, 3.8) is 0 Å². The zero-order valence-corrected chi connectivity index (χ0v) is 8.79. The Hall–Kier alpha value is -0.550. The van der Waals surface area contributed by atoms with E-state index in [4.69, 9.17) is 5.26 Å². The van der Waals surface area contributed by atoms with Crippen molar-refractivity contribution in [2.75, 3.05) is 19.6 Å². The average Bonchev–Trinajstić information content (AvgIpc) is 2.15. The fraction of sp³-hybridized carbons (Fsp3) is 0.909. The fourth-order valence-electron chi connectivity index (χ4n) is 2.05. The molecule has 0 radical (unpaired) electrons. The van der Waals surface area contributed by atoms with Crippen molar-refractivity contribution < 1.29 is 0 Å². The van der Waals surface area contributed by atoms with E-state index >= 15 is 0 Å². The van der Waals surface area contributed by atoms with E-state index in [1.807, 2.05) is 0 Å². The topological polar surface area (TPSA) is 27.0 Å². The van der Waals surface area contributed by atoms with Crippen LogP contribution in [0, 0.1) is 23.2 Å². The van der Waals surface area contributed by atoms with Crippen LogP contribution < -0.4 is 0 Å². The molecule has 1 aliphatic heterocycles. The first-order valence-corrected chi connectivity index (χ1v) is 5.33. The van der Waals surface area contributed by atoms with Gasteiger partial charge in [-0.25, -0.2) is 0 Å². The fourth-order valence-corrected chi connectivity index (χ4v) is 2.05. The van der Waals surface area contributed by atoms with E-state index in [1.165, 1.54) is 25.9 Å². The molecule has 1 atom stereocenters. The molecule has 1 aliphatic rings. The van der Waals surface area contributed by atoms with Gasteiger partial charge in [-0.05, 0) is 31.2 Å². The van der Waals surface area contributed by atoms with Gasteiger partial charge in [-0.3, -0.25) is 0 Å². The Labute approximate surface area is 81.5 Å². The smallest absolute Gasteiger partial charge is 0.0635 e. The number of nitriles is 1. The van der Waals surface area contributed by atoms with Crippen molar-refractivity contribution in [3.8, 4) is 6.07 Å². The summed E-state index contributed by atoms with van der Waals surface area (Å²) in [4.78, 5) is 2.44. The highest BCUT2D eigenvalue weighted by molar-refractivity contribution is 4.78. The quantitative estimate of drug-likeness (QED) is 0.666. The molecule has 1 fully saturated rings. The van der Waals surface area contributed by atoms with E-state index in [2.05, 4.69) is 24.8 Å². The van der Waals surface area contributed by atoms with E-state index in [1.54, 1.807) is 0 Å². The highest BCUT2D eigenvalue weighted by atomic mass is 15.1. The summed E-state index contributed by atoms with van der Waals surface area (Å²) in [5.41, 5.74) is 0. The van der Waals surface area contributed by atoms with Crippen molar-refractivity contribution in [1.29, 1.82) is 5.26 Å². The second-order valence-corrected chi connectivity index (χ2v) is 4.36. The summed E-state index contributed by atoms with van der Waals surface area (Å²) in [5, 5.41) is 8.50. The van der Waals surface area contributed by atoms with Crippen molar-refractivity contribution in [2.45, 2.75) is 33.1 Å². The van der Waals surface area contributed by atoms with Gasteiger partial charge in [-0.15, -0.1) is 0 Å². The average molecular weight is 180 g/mol. The van der Waals surface area contributed by atoms with Crippen LogP contribution in [-0.2, 0) is 0 Å². The van der Waals surface area contributed by atoms with Crippen molar-refractivity contribution in [3.05, 3.63) is 0 Å². The van der Waals surface area contributed by atoms with E-state index in [-0.39, 0.29) is 0 Å². The molecule has 1 saturated heterocycles. The molecule has 0 aromatic heterocycles. The van der Waals surface area contributed by atoms with Crippen molar-refractivity contribution >= 4 is 0 Å². The second-order valence-electron chi connectivity index (χ2n) is 4.36. The third-order valence-electron chi connectivity index (χ3n) is 3.02. The first-order valence-electron chi connectivity index (χ1n) is 5.33. The Bertz CT molecular complexity index is 181. The number of hydrogen-bond acceptors (Lipinski definition) is 2. The summed E-state index contributed by atoms with van der Waals surface area (Å²) in [5.74, 6) is 1.65. The number of nitrogens with zero attached hydrogens (tertiary/aromatic N) is 2. The van der Waals surface area contributed by atoms with E-state index < -0.39 is 0 Å². The van der Waals surface area contributed by atoms with E-state index in [0.717, 1.165) is 18.4 Å². The van der Waals surface area contributed by atoms with Crippen LogP contribution in [0.1, 0.15) is 33.1 Å². The molecule has 0 aromatic rings. The summed E-state index contributed by atoms with van der Waals surface area (Å²) < 4.78 is 0. The first-order chi connectivity index (χ1) is 6.24. The maximum absolute atomic E-state index is 8.50. The third-order valence-corrected chi connectivity index (χ3v) is 3.02. The maximum atomic E-state index is 8.50. The third kappa shape index (κ3) is 3.36. The van der Waals surface area contributed by atoms with Gasteiger partial charge >= 0.3 is 0 Å². The predicted octanol–water partition coefficient (Wildman–Crippen LogP) is 2.27. The molecule has 0 aliphatic carbocycles. The van der Waals surface area contributed by atoms with Crippen LogP contribution in [0.15, 0.2) is 0 Å². The molecular formula is C11H20N2. The Morgan fingerprint density at radius 3 is 2.92 bits per heavy atom.